The van der Waals surface area contributed by atoms with Crippen molar-refractivity contribution in [3.63, 3.8) is 0 Å². The standard InChI is InChI=1S/C22H27N3OS/c1-2-3-4-5-6-10-15-24-21(26)17-27-22-19(16-23)13-14-20(25-22)18-11-8-7-9-12-18/h7-9,11-14H,2-6,10,15,17H2,1H3,(H,24,26). The van der Waals surface area contributed by atoms with E-state index in [0.29, 0.717) is 17.1 Å². The summed E-state index contributed by atoms with van der Waals surface area (Å²) in [5.41, 5.74) is 2.31. The van der Waals surface area contributed by atoms with E-state index in [0.717, 1.165) is 24.1 Å². The first-order chi connectivity index (χ1) is 13.2. The highest BCUT2D eigenvalue weighted by Gasteiger charge is 2.10. The lowest BCUT2D eigenvalue weighted by Gasteiger charge is -2.08. The molecule has 0 saturated carbocycles. The Bertz CT molecular complexity index is 756. The largest absolute Gasteiger partial charge is 0.355 e. The van der Waals surface area contributed by atoms with E-state index >= 15 is 0 Å². The number of carbonyl (C=O) groups is 1. The van der Waals surface area contributed by atoms with Crippen molar-refractivity contribution < 1.29 is 4.79 Å². The lowest BCUT2D eigenvalue weighted by Crippen LogP contribution is -2.26. The van der Waals surface area contributed by atoms with Gasteiger partial charge in [0.25, 0.3) is 0 Å². The Morgan fingerprint density at radius 2 is 1.81 bits per heavy atom. The second-order valence-corrected chi connectivity index (χ2v) is 7.40. The number of hydrogen-bond acceptors (Lipinski definition) is 4. The van der Waals surface area contributed by atoms with Crippen LogP contribution < -0.4 is 5.32 Å². The van der Waals surface area contributed by atoms with Crippen molar-refractivity contribution in [2.75, 3.05) is 12.3 Å². The number of benzene rings is 1. The van der Waals surface area contributed by atoms with Gasteiger partial charge in [0, 0.05) is 12.1 Å². The Morgan fingerprint density at radius 3 is 2.56 bits per heavy atom. The van der Waals surface area contributed by atoms with Gasteiger partial charge in [0.1, 0.15) is 11.1 Å². The number of pyridine rings is 1. The van der Waals surface area contributed by atoms with Gasteiger partial charge in [0.2, 0.25) is 5.91 Å². The number of nitriles is 1. The molecule has 1 aromatic carbocycles. The van der Waals surface area contributed by atoms with E-state index in [9.17, 15) is 10.1 Å². The second kappa shape index (κ2) is 12.1. The summed E-state index contributed by atoms with van der Waals surface area (Å²) in [5.74, 6) is 0.264. The number of hydrogen-bond donors (Lipinski definition) is 1. The van der Waals surface area contributed by atoms with Crippen molar-refractivity contribution in [2.24, 2.45) is 0 Å². The van der Waals surface area contributed by atoms with Gasteiger partial charge in [-0.25, -0.2) is 4.98 Å². The van der Waals surface area contributed by atoms with E-state index in [2.05, 4.69) is 23.3 Å². The van der Waals surface area contributed by atoms with Crippen LogP contribution in [0.15, 0.2) is 47.5 Å². The summed E-state index contributed by atoms with van der Waals surface area (Å²) >= 11 is 1.32. The molecule has 0 unspecified atom stereocenters. The number of unbranched alkanes of at least 4 members (excludes halogenated alkanes) is 5. The molecule has 1 N–H and O–H groups in total. The minimum atomic E-state index is -0.00985. The van der Waals surface area contributed by atoms with Crippen LogP contribution in [0.3, 0.4) is 0 Å². The van der Waals surface area contributed by atoms with Gasteiger partial charge < -0.3 is 5.32 Å². The summed E-state index contributed by atoms with van der Waals surface area (Å²) in [7, 11) is 0. The number of nitrogens with zero attached hydrogens (tertiary/aromatic N) is 2. The first-order valence-electron chi connectivity index (χ1n) is 9.60. The summed E-state index contributed by atoms with van der Waals surface area (Å²) in [6, 6.07) is 15.6. The monoisotopic (exact) mass is 381 g/mol. The van der Waals surface area contributed by atoms with Crippen LogP contribution in [-0.4, -0.2) is 23.2 Å². The van der Waals surface area contributed by atoms with Crippen LogP contribution in [0.4, 0.5) is 0 Å². The fourth-order valence-corrected chi connectivity index (χ4v) is 3.53. The molecule has 2 aromatic rings. The third-order valence-corrected chi connectivity index (χ3v) is 5.23. The fraction of sp³-hybridized carbons (Fsp3) is 0.409. The molecule has 0 saturated heterocycles. The quantitative estimate of drug-likeness (QED) is 0.430. The van der Waals surface area contributed by atoms with Crippen LogP contribution in [0, 0.1) is 11.3 Å². The van der Waals surface area contributed by atoms with Crippen LogP contribution in [0.5, 0.6) is 0 Å². The zero-order chi connectivity index (χ0) is 19.3. The average molecular weight is 382 g/mol. The van der Waals surface area contributed by atoms with Crippen LogP contribution in [0.1, 0.15) is 51.0 Å². The number of carbonyl (C=O) groups excluding carboxylic acids is 1. The third-order valence-electron chi connectivity index (χ3n) is 4.24. The molecule has 1 aromatic heterocycles. The predicted molar refractivity (Wildman–Crippen MR) is 111 cm³/mol. The zero-order valence-corrected chi connectivity index (χ0v) is 16.7. The van der Waals surface area contributed by atoms with Gasteiger partial charge in [-0.3, -0.25) is 4.79 Å². The van der Waals surface area contributed by atoms with Crippen molar-refractivity contribution >= 4 is 17.7 Å². The van der Waals surface area contributed by atoms with Crippen molar-refractivity contribution in [3.8, 4) is 17.3 Å². The molecule has 2 rings (SSSR count). The Morgan fingerprint density at radius 1 is 1.07 bits per heavy atom. The summed E-state index contributed by atoms with van der Waals surface area (Å²) in [4.78, 5) is 16.6. The Labute approximate surface area is 166 Å². The van der Waals surface area contributed by atoms with E-state index in [1.54, 1.807) is 6.07 Å². The minimum Gasteiger partial charge on any atom is -0.355 e. The number of amides is 1. The maximum Gasteiger partial charge on any atom is 0.230 e. The SMILES string of the molecule is CCCCCCCCNC(=O)CSc1nc(-c2ccccc2)ccc1C#N. The summed E-state index contributed by atoms with van der Waals surface area (Å²) in [5, 5.41) is 12.9. The van der Waals surface area contributed by atoms with Crippen molar-refractivity contribution in [3.05, 3.63) is 48.0 Å². The van der Waals surface area contributed by atoms with Gasteiger partial charge in [0.05, 0.1) is 17.0 Å². The van der Waals surface area contributed by atoms with E-state index in [1.807, 2.05) is 36.4 Å². The van der Waals surface area contributed by atoms with Crippen molar-refractivity contribution in [1.82, 2.24) is 10.3 Å². The molecule has 142 valence electrons. The van der Waals surface area contributed by atoms with Gasteiger partial charge in [-0.15, -0.1) is 0 Å². The molecule has 27 heavy (non-hydrogen) atoms. The molecule has 1 amide bonds. The molecular weight excluding hydrogens is 354 g/mol. The number of nitrogens with one attached hydrogen (secondary N) is 1. The molecule has 5 heteroatoms. The molecule has 0 aliphatic rings. The topological polar surface area (TPSA) is 65.8 Å². The van der Waals surface area contributed by atoms with Crippen LogP contribution in [0.2, 0.25) is 0 Å². The van der Waals surface area contributed by atoms with Crippen LogP contribution in [0.25, 0.3) is 11.3 Å². The normalized spacial score (nSPS) is 10.4. The maximum absolute atomic E-state index is 12.1. The lowest BCUT2D eigenvalue weighted by molar-refractivity contribution is -0.118. The van der Waals surface area contributed by atoms with Gasteiger partial charge in [0.15, 0.2) is 0 Å². The van der Waals surface area contributed by atoms with E-state index < -0.39 is 0 Å². The van der Waals surface area contributed by atoms with Crippen LogP contribution >= 0.6 is 11.8 Å². The zero-order valence-electron chi connectivity index (χ0n) is 15.9. The Balaban J connectivity index is 1.82. The number of rotatable bonds is 11. The first kappa shape index (κ1) is 21.0. The smallest absolute Gasteiger partial charge is 0.230 e. The molecule has 0 fully saturated rings. The van der Waals surface area contributed by atoms with E-state index in [1.165, 1.54) is 37.4 Å². The predicted octanol–water partition coefficient (Wildman–Crippen LogP) is 5.19. The maximum atomic E-state index is 12.1. The highest BCUT2D eigenvalue weighted by molar-refractivity contribution is 8.00. The number of aromatic nitrogens is 1. The fourth-order valence-electron chi connectivity index (χ4n) is 2.72. The summed E-state index contributed by atoms with van der Waals surface area (Å²) < 4.78 is 0. The third kappa shape index (κ3) is 7.44. The molecule has 1 heterocycles. The lowest BCUT2D eigenvalue weighted by atomic mass is 10.1. The Kier molecular flexibility index (Phi) is 9.43. The summed E-state index contributed by atoms with van der Waals surface area (Å²) in [6.07, 6.45) is 7.23. The molecule has 0 bridgehead atoms. The minimum absolute atomic E-state index is 0.00985. The molecule has 0 aliphatic heterocycles. The van der Waals surface area contributed by atoms with E-state index in [-0.39, 0.29) is 11.7 Å². The summed E-state index contributed by atoms with van der Waals surface area (Å²) in [6.45, 7) is 2.92. The van der Waals surface area contributed by atoms with Crippen molar-refractivity contribution in [2.45, 2.75) is 50.5 Å². The molecular formula is C22H27N3OS. The highest BCUT2D eigenvalue weighted by Crippen LogP contribution is 2.25. The highest BCUT2D eigenvalue weighted by atomic mass is 32.2. The molecule has 0 radical (unpaired) electrons. The molecule has 0 atom stereocenters. The van der Waals surface area contributed by atoms with E-state index in [4.69, 9.17) is 0 Å². The second-order valence-electron chi connectivity index (χ2n) is 6.43. The Hall–Kier alpha value is -2.32. The molecule has 4 nitrogen and oxygen atoms in total. The van der Waals surface area contributed by atoms with Gasteiger partial charge >= 0.3 is 0 Å². The van der Waals surface area contributed by atoms with Gasteiger partial charge in [-0.2, -0.15) is 5.26 Å². The van der Waals surface area contributed by atoms with Crippen LogP contribution in [-0.2, 0) is 4.79 Å². The molecule has 0 spiro atoms. The average Bonchev–Trinajstić information content (AvgIpc) is 2.72. The first-order valence-corrected chi connectivity index (χ1v) is 10.6. The number of thioether (sulfide) groups is 1. The van der Waals surface area contributed by atoms with Gasteiger partial charge in [-0.05, 0) is 18.6 Å². The molecule has 0 aliphatic carbocycles. The van der Waals surface area contributed by atoms with Crippen molar-refractivity contribution in [1.29, 1.82) is 5.26 Å². The van der Waals surface area contributed by atoms with Gasteiger partial charge in [-0.1, -0.05) is 81.1 Å².